The van der Waals surface area contributed by atoms with Crippen LogP contribution in [0.25, 0.3) is 0 Å². The number of hydrazine groups is 1. The quantitative estimate of drug-likeness (QED) is 0.0620. The van der Waals surface area contributed by atoms with Crippen molar-refractivity contribution in [1.82, 2.24) is 0 Å². The van der Waals surface area contributed by atoms with Gasteiger partial charge in [-0.05, 0) is 96.8 Å². The van der Waals surface area contributed by atoms with Gasteiger partial charge in [0.15, 0.2) is 0 Å². The van der Waals surface area contributed by atoms with Crippen molar-refractivity contribution in [2.24, 2.45) is 27.3 Å². The van der Waals surface area contributed by atoms with Crippen LogP contribution in [0.5, 0.6) is 0 Å². The van der Waals surface area contributed by atoms with E-state index in [-0.39, 0.29) is 0 Å². The van der Waals surface area contributed by atoms with Crippen molar-refractivity contribution in [3.63, 3.8) is 0 Å². The standard InChI is InChI=1S/C15H17ClN4.C15H16ClN3/c1-10-8-12(4-7-14(10)20-18)15(17)19-9-11-2-5-13(16)6-3-11;1-10-8-12(4-7-14(10)17)15(18)19-9-11-2-5-13(16)6-3-11/h2-8,20H,9,18H2,1H3,(H2,17,19);2-8H,9,17H2,1H3,(H2,18,19). The maximum absolute atomic E-state index is 6.01. The van der Waals surface area contributed by atoms with Crippen molar-refractivity contribution in [3.05, 3.63) is 128 Å². The lowest BCUT2D eigenvalue weighted by molar-refractivity contribution is 1.06. The smallest absolute Gasteiger partial charge is 0.125 e. The van der Waals surface area contributed by atoms with Crippen LogP contribution in [-0.4, -0.2) is 11.7 Å². The number of nitrogens with zero attached hydrogens (tertiary/aromatic N) is 2. The third-order valence-corrected chi connectivity index (χ3v) is 6.44. The molecule has 4 aromatic rings. The van der Waals surface area contributed by atoms with E-state index in [4.69, 9.17) is 46.2 Å². The van der Waals surface area contributed by atoms with Crippen LogP contribution in [0.15, 0.2) is 94.9 Å². The van der Waals surface area contributed by atoms with Gasteiger partial charge in [-0.15, -0.1) is 0 Å². The molecule has 0 bridgehead atoms. The van der Waals surface area contributed by atoms with Crippen molar-refractivity contribution in [2.75, 3.05) is 11.2 Å². The molecule has 0 atom stereocenters. The van der Waals surface area contributed by atoms with Crippen molar-refractivity contribution in [2.45, 2.75) is 26.9 Å². The van der Waals surface area contributed by atoms with Crippen LogP contribution in [0.4, 0.5) is 11.4 Å². The number of nitrogen functional groups attached to an aromatic ring is 2. The topological polar surface area (TPSA) is 141 Å². The summed E-state index contributed by atoms with van der Waals surface area (Å²) in [7, 11) is 0. The lowest BCUT2D eigenvalue weighted by Crippen LogP contribution is -2.15. The molecule has 39 heavy (non-hydrogen) atoms. The molecular formula is C30H33Cl2N7. The highest BCUT2D eigenvalue weighted by Crippen LogP contribution is 2.16. The fraction of sp³-hybridized carbons (Fsp3) is 0.133. The summed E-state index contributed by atoms with van der Waals surface area (Å²) < 4.78 is 0. The van der Waals surface area contributed by atoms with Gasteiger partial charge in [0.25, 0.3) is 0 Å². The number of hydrogen-bond acceptors (Lipinski definition) is 5. The van der Waals surface area contributed by atoms with E-state index in [0.29, 0.717) is 29.8 Å². The summed E-state index contributed by atoms with van der Waals surface area (Å²) in [5, 5.41) is 1.43. The molecule has 9 N–H and O–H groups in total. The predicted octanol–water partition coefficient (Wildman–Crippen LogP) is 5.98. The number of nitrogens with two attached hydrogens (primary N) is 4. The zero-order valence-electron chi connectivity index (χ0n) is 22.0. The van der Waals surface area contributed by atoms with E-state index in [1.54, 1.807) is 0 Å². The second-order valence-electron chi connectivity index (χ2n) is 8.90. The summed E-state index contributed by atoms with van der Waals surface area (Å²) in [6, 6.07) is 26.5. The number of rotatable bonds is 7. The van der Waals surface area contributed by atoms with Gasteiger partial charge in [0.1, 0.15) is 11.7 Å². The Morgan fingerprint density at radius 1 is 0.667 bits per heavy atom. The van der Waals surface area contributed by atoms with Crippen LogP contribution in [0, 0.1) is 13.8 Å². The van der Waals surface area contributed by atoms with E-state index in [2.05, 4.69) is 15.4 Å². The lowest BCUT2D eigenvalue weighted by Gasteiger charge is -2.07. The molecule has 202 valence electrons. The minimum atomic E-state index is 0.506. The summed E-state index contributed by atoms with van der Waals surface area (Å²) in [5.41, 5.74) is 28.0. The molecule has 0 amide bonds. The van der Waals surface area contributed by atoms with Crippen LogP contribution in [0.2, 0.25) is 10.0 Å². The minimum Gasteiger partial charge on any atom is -0.399 e. The Morgan fingerprint density at radius 3 is 1.51 bits per heavy atom. The van der Waals surface area contributed by atoms with E-state index >= 15 is 0 Å². The SMILES string of the molecule is Cc1cc(C(N)=NCc2ccc(Cl)cc2)ccc1N.Cc1cc(C(N)=NCc2ccc(Cl)cc2)ccc1NN. The molecule has 7 nitrogen and oxygen atoms in total. The van der Waals surface area contributed by atoms with Gasteiger partial charge in [-0.25, -0.2) is 0 Å². The van der Waals surface area contributed by atoms with Crippen LogP contribution in [0.1, 0.15) is 33.4 Å². The third kappa shape index (κ3) is 9.04. The monoisotopic (exact) mass is 561 g/mol. The highest BCUT2D eigenvalue weighted by atomic mass is 35.5. The van der Waals surface area contributed by atoms with Gasteiger partial charge in [0.05, 0.1) is 18.8 Å². The first-order valence-corrected chi connectivity index (χ1v) is 12.9. The van der Waals surface area contributed by atoms with E-state index < -0.39 is 0 Å². The van der Waals surface area contributed by atoms with Gasteiger partial charge in [-0.1, -0.05) is 47.5 Å². The zero-order chi connectivity index (χ0) is 28.4. The summed E-state index contributed by atoms with van der Waals surface area (Å²) in [6.07, 6.45) is 0. The van der Waals surface area contributed by atoms with Crippen molar-refractivity contribution >= 4 is 46.2 Å². The number of benzene rings is 4. The normalized spacial score (nSPS) is 11.5. The fourth-order valence-corrected chi connectivity index (χ4v) is 3.79. The Kier molecular flexibility index (Phi) is 10.8. The van der Waals surface area contributed by atoms with Crippen LogP contribution < -0.4 is 28.5 Å². The molecule has 0 aliphatic carbocycles. The number of nitrogens with one attached hydrogen (secondary N) is 1. The average molecular weight is 563 g/mol. The molecule has 0 saturated heterocycles. The molecule has 4 aromatic carbocycles. The largest absolute Gasteiger partial charge is 0.399 e. The van der Waals surface area contributed by atoms with Crippen LogP contribution in [0.3, 0.4) is 0 Å². The molecule has 9 heteroatoms. The molecule has 0 spiro atoms. The fourth-order valence-electron chi connectivity index (χ4n) is 3.54. The number of hydrogen-bond donors (Lipinski definition) is 5. The van der Waals surface area contributed by atoms with Gasteiger partial charge < -0.3 is 22.6 Å². The highest BCUT2D eigenvalue weighted by molar-refractivity contribution is 6.30. The van der Waals surface area contributed by atoms with Gasteiger partial charge in [-0.2, -0.15) is 0 Å². The lowest BCUT2D eigenvalue weighted by atomic mass is 10.1. The molecule has 0 aliphatic rings. The minimum absolute atomic E-state index is 0.506. The Labute approximate surface area is 239 Å². The summed E-state index contributed by atoms with van der Waals surface area (Å²) in [6.45, 7) is 4.97. The maximum atomic E-state index is 6.01. The van der Waals surface area contributed by atoms with Crippen LogP contribution in [-0.2, 0) is 13.1 Å². The Bertz CT molecular complexity index is 1450. The molecule has 0 radical (unpaired) electrons. The number of aliphatic imine (C=N–C) groups is 2. The summed E-state index contributed by atoms with van der Waals surface area (Å²) in [4.78, 5) is 8.77. The van der Waals surface area contributed by atoms with Gasteiger partial charge in [0.2, 0.25) is 0 Å². The second-order valence-corrected chi connectivity index (χ2v) is 9.77. The van der Waals surface area contributed by atoms with E-state index in [1.165, 1.54) is 0 Å². The molecule has 0 aliphatic heterocycles. The molecule has 0 saturated carbocycles. The molecule has 0 fully saturated rings. The molecule has 0 unspecified atom stereocenters. The second kappa shape index (κ2) is 14.2. The number of aryl methyl sites for hydroxylation is 2. The first-order chi connectivity index (χ1) is 18.7. The summed E-state index contributed by atoms with van der Waals surface area (Å²) >= 11 is 11.7. The molecule has 0 heterocycles. The summed E-state index contributed by atoms with van der Waals surface area (Å²) in [5.74, 6) is 6.42. The van der Waals surface area contributed by atoms with Gasteiger partial charge >= 0.3 is 0 Å². The molecule has 4 rings (SSSR count). The van der Waals surface area contributed by atoms with Crippen molar-refractivity contribution < 1.29 is 0 Å². The first-order valence-electron chi connectivity index (χ1n) is 12.2. The van der Waals surface area contributed by atoms with E-state index in [0.717, 1.165) is 49.8 Å². The maximum Gasteiger partial charge on any atom is 0.125 e. The van der Waals surface area contributed by atoms with Gasteiger partial charge in [0, 0.05) is 26.9 Å². The first kappa shape index (κ1) is 29.5. The zero-order valence-corrected chi connectivity index (χ0v) is 23.5. The Morgan fingerprint density at radius 2 is 1.10 bits per heavy atom. The number of amidine groups is 2. The number of anilines is 2. The van der Waals surface area contributed by atoms with Gasteiger partial charge in [-0.3, -0.25) is 15.8 Å². The molecule has 0 aromatic heterocycles. The van der Waals surface area contributed by atoms with E-state index in [9.17, 15) is 0 Å². The average Bonchev–Trinajstić information content (AvgIpc) is 2.94. The van der Waals surface area contributed by atoms with Crippen LogP contribution >= 0.6 is 23.2 Å². The number of halogens is 2. The Hall–Kier alpha value is -4.04. The van der Waals surface area contributed by atoms with E-state index in [1.807, 2.05) is 98.8 Å². The van der Waals surface area contributed by atoms with Crippen molar-refractivity contribution in [1.29, 1.82) is 0 Å². The Balaban J connectivity index is 0.000000216. The third-order valence-electron chi connectivity index (χ3n) is 5.93. The van der Waals surface area contributed by atoms with Crippen molar-refractivity contribution in [3.8, 4) is 0 Å². The predicted molar refractivity (Wildman–Crippen MR) is 166 cm³/mol. The highest BCUT2D eigenvalue weighted by Gasteiger charge is 2.03. The molecular weight excluding hydrogens is 529 g/mol.